The van der Waals surface area contributed by atoms with Gasteiger partial charge in [-0.3, -0.25) is 4.79 Å². The SMILES string of the molecule is Cn1c(CO)cnc1SCC(=O)NC1(c2ccccc2)CCC1. The molecule has 0 radical (unpaired) electrons. The van der Waals surface area contributed by atoms with Crippen molar-refractivity contribution in [2.24, 2.45) is 7.05 Å². The van der Waals surface area contributed by atoms with Gasteiger partial charge in [-0.25, -0.2) is 4.98 Å². The third-order valence-corrected chi connectivity index (χ3v) is 5.49. The molecule has 0 bridgehead atoms. The average Bonchev–Trinajstić information content (AvgIpc) is 2.90. The second-order valence-electron chi connectivity index (χ2n) is 5.89. The number of hydrogen-bond acceptors (Lipinski definition) is 4. The van der Waals surface area contributed by atoms with Gasteiger partial charge in [0.1, 0.15) is 0 Å². The highest BCUT2D eigenvalue weighted by Crippen LogP contribution is 2.41. The van der Waals surface area contributed by atoms with Crippen molar-refractivity contribution < 1.29 is 9.90 Å². The average molecular weight is 331 g/mol. The van der Waals surface area contributed by atoms with Crippen molar-refractivity contribution in [1.82, 2.24) is 14.9 Å². The summed E-state index contributed by atoms with van der Waals surface area (Å²) >= 11 is 1.39. The van der Waals surface area contributed by atoms with Crippen LogP contribution in [0.1, 0.15) is 30.5 Å². The minimum absolute atomic E-state index is 0.0205. The molecule has 1 aliphatic rings. The standard InChI is InChI=1S/C17H21N3O2S/c1-20-14(11-21)10-18-16(20)23-12-15(22)19-17(8-5-9-17)13-6-3-2-4-7-13/h2-4,6-7,10,21H,5,8-9,11-12H2,1H3,(H,19,22). The zero-order valence-corrected chi connectivity index (χ0v) is 14.0. The molecule has 122 valence electrons. The van der Waals surface area contributed by atoms with Gasteiger partial charge in [-0.2, -0.15) is 0 Å². The summed E-state index contributed by atoms with van der Waals surface area (Å²) in [6.07, 6.45) is 4.76. The molecule has 6 heteroatoms. The third-order valence-electron chi connectivity index (χ3n) is 4.45. The van der Waals surface area contributed by atoms with Crippen LogP contribution in [0.3, 0.4) is 0 Å². The molecule has 5 nitrogen and oxygen atoms in total. The lowest BCUT2D eigenvalue weighted by Gasteiger charge is -2.43. The Bertz CT molecular complexity index is 680. The van der Waals surface area contributed by atoms with E-state index in [-0.39, 0.29) is 18.1 Å². The first-order valence-corrected chi connectivity index (χ1v) is 8.74. The maximum absolute atomic E-state index is 12.4. The largest absolute Gasteiger partial charge is 0.390 e. The molecule has 23 heavy (non-hydrogen) atoms. The fourth-order valence-corrected chi connectivity index (χ4v) is 3.68. The van der Waals surface area contributed by atoms with E-state index in [4.69, 9.17) is 0 Å². The van der Waals surface area contributed by atoms with E-state index in [9.17, 15) is 9.90 Å². The highest BCUT2D eigenvalue weighted by molar-refractivity contribution is 7.99. The fourth-order valence-electron chi connectivity index (χ4n) is 2.91. The Morgan fingerprint density at radius 2 is 2.13 bits per heavy atom. The van der Waals surface area contributed by atoms with Crippen LogP contribution in [0, 0.1) is 0 Å². The molecule has 1 heterocycles. The Morgan fingerprint density at radius 3 is 2.70 bits per heavy atom. The van der Waals surface area contributed by atoms with E-state index >= 15 is 0 Å². The highest BCUT2D eigenvalue weighted by Gasteiger charge is 2.39. The number of aliphatic hydroxyl groups excluding tert-OH is 1. The van der Waals surface area contributed by atoms with E-state index in [1.54, 1.807) is 6.20 Å². The minimum Gasteiger partial charge on any atom is -0.390 e. The van der Waals surface area contributed by atoms with Crippen LogP contribution in [0.4, 0.5) is 0 Å². The molecule has 1 saturated carbocycles. The van der Waals surface area contributed by atoms with Crippen LogP contribution in [-0.2, 0) is 24.0 Å². The lowest BCUT2D eigenvalue weighted by Crippen LogP contribution is -2.51. The minimum atomic E-state index is -0.198. The number of hydrogen-bond donors (Lipinski definition) is 2. The molecule has 1 aromatic heterocycles. The Labute approximate surface area is 140 Å². The van der Waals surface area contributed by atoms with Crippen LogP contribution in [0.25, 0.3) is 0 Å². The van der Waals surface area contributed by atoms with Gasteiger partial charge >= 0.3 is 0 Å². The number of rotatable bonds is 6. The molecule has 3 rings (SSSR count). The summed E-state index contributed by atoms with van der Waals surface area (Å²) in [5, 5.41) is 13.1. The van der Waals surface area contributed by atoms with Gasteiger partial charge in [-0.05, 0) is 24.8 Å². The Balaban J connectivity index is 1.61. The first kappa shape index (κ1) is 16.1. The molecule has 1 aliphatic carbocycles. The van der Waals surface area contributed by atoms with Gasteiger partial charge < -0.3 is 15.0 Å². The summed E-state index contributed by atoms with van der Waals surface area (Å²) in [7, 11) is 1.84. The number of thioether (sulfide) groups is 1. The predicted molar refractivity (Wildman–Crippen MR) is 90.0 cm³/mol. The van der Waals surface area contributed by atoms with Gasteiger partial charge in [0, 0.05) is 7.05 Å². The van der Waals surface area contributed by atoms with Crippen LogP contribution in [0.2, 0.25) is 0 Å². The highest BCUT2D eigenvalue weighted by atomic mass is 32.2. The summed E-state index contributed by atoms with van der Waals surface area (Å²) in [6, 6.07) is 10.2. The summed E-state index contributed by atoms with van der Waals surface area (Å²) in [5.74, 6) is 0.344. The van der Waals surface area contributed by atoms with E-state index in [2.05, 4.69) is 22.4 Å². The van der Waals surface area contributed by atoms with Crippen molar-refractivity contribution in [3.05, 3.63) is 47.8 Å². The van der Waals surface area contributed by atoms with E-state index in [0.717, 1.165) is 30.1 Å². The Morgan fingerprint density at radius 1 is 1.39 bits per heavy atom. The van der Waals surface area contributed by atoms with Crippen molar-refractivity contribution in [1.29, 1.82) is 0 Å². The molecular weight excluding hydrogens is 310 g/mol. The maximum atomic E-state index is 12.4. The first-order valence-electron chi connectivity index (χ1n) is 7.75. The quantitative estimate of drug-likeness (QED) is 0.797. The summed E-state index contributed by atoms with van der Waals surface area (Å²) < 4.78 is 1.81. The van der Waals surface area contributed by atoms with Gasteiger partial charge in [-0.1, -0.05) is 42.1 Å². The summed E-state index contributed by atoms with van der Waals surface area (Å²) in [5.41, 5.74) is 1.73. The van der Waals surface area contributed by atoms with Crippen LogP contribution >= 0.6 is 11.8 Å². The normalized spacial score (nSPS) is 15.9. The number of amides is 1. The zero-order chi connectivity index (χ0) is 16.3. The molecule has 1 aromatic carbocycles. The monoisotopic (exact) mass is 331 g/mol. The number of imidazole rings is 1. The number of nitrogens with zero attached hydrogens (tertiary/aromatic N) is 2. The van der Waals surface area contributed by atoms with Crippen molar-refractivity contribution >= 4 is 17.7 Å². The molecule has 0 spiro atoms. The Kier molecular flexibility index (Phi) is 4.73. The van der Waals surface area contributed by atoms with Crippen LogP contribution in [0.15, 0.2) is 41.7 Å². The van der Waals surface area contributed by atoms with E-state index in [1.165, 1.54) is 17.3 Å². The molecule has 2 N–H and O–H groups in total. The molecule has 2 aromatic rings. The van der Waals surface area contributed by atoms with E-state index < -0.39 is 0 Å². The number of carbonyl (C=O) groups is 1. The van der Waals surface area contributed by atoms with Gasteiger partial charge in [0.15, 0.2) is 5.16 Å². The van der Waals surface area contributed by atoms with Crippen molar-refractivity contribution in [3.8, 4) is 0 Å². The second kappa shape index (κ2) is 6.76. The lowest BCUT2D eigenvalue weighted by molar-refractivity contribution is -0.121. The maximum Gasteiger partial charge on any atom is 0.231 e. The van der Waals surface area contributed by atoms with Gasteiger partial charge in [-0.15, -0.1) is 0 Å². The Hall–Kier alpha value is -1.79. The van der Waals surface area contributed by atoms with E-state index in [0.29, 0.717) is 5.75 Å². The van der Waals surface area contributed by atoms with Gasteiger partial charge in [0.2, 0.25) is 5.91 Å². The smallest absolute Gasteiger partial charge is 0.231 e. The molecule has 1 amide bonds. The second-order valence-corrected chi connectivity index (χ2v) is 6.83. The molecule has 1 fully saturated rings. The number of aromatic nitrogens is 2. The predicted octanol–water partition coefficient (Wildman–Crippen LogP) is 2.20. The van der Waals surface area contributed by atoms with Crippen molar-refractivity contribution in [2.75, 3.05) is 5.75 Å². The summed E-state index contributed by atoms with van der Waals surface area (Å²) in [4.78, 5) is 16.6. The van der Waals surface area contributed by atoms with Gasteiger partial charge in [0.05, 0.1) is 29.8 Å². The molecular formula is C17H21N3O2S. The van der Waals surface area contributed by atoms with Gasteiger partial charge in [0.25, 0.3) is 0 Å². The number of carbonyl (C=O) groups excluding carboxylic acids is 1. The first-order chi connectivity index (χ1) is 11.1. The van der Waals surface area contributed by atoms with Crippen LogP contribution in [-0.4, -0.2) is 26.3 Å². The summed E-state index contributed by atoms with van der Waals surface area (Å²) in [6.45, 7) is -0.0482. The van der Waals surface area contributed by atoms with E-state index in [1.807, 2.05) is 29.8 Å². The van der Waals surface area contributed by atoms with Crippen molar-refractivity contribution in [2.45, 2.75) is 36.6 Å². The van der Waals surface area contributed by atoms with Crippen LogP contribution in [0.5, 0.6) is 0 Å². The molecule has 0 saturated heterocycles. The van der Waals surface area contributed by atoms with Crippen molar-refractivity contribution in [3.63, 3.8) is 0 Å². The molecule has 0 aliphatic heterocycles. The zero-order valence-electron chi connectivity index (χ0n) is 13.2. The lowest BCUT2D eigenvalue weighted by atomic mass is 9.72. The molecule has 0 atom stereocenters. The molecule has 0 unspecified atom stereocenters. The number of nitrogens with one attached hydrogen (secondary N) is 1. The topological polar surface area (TPSA) is 67.1 Å². The number of aliphatic hydroxyl groups is 1. The third kappa shape index (κ3) is 3.28. The van der Waals surface area contributed by atoms with Crippen LogP contribution < -0.4 is 5.32 Å². The fraction of sp³-hybridized carbons (Fsp3) is 0.412. The number of benzene rings is 1.